The van der Waals surface area contributed by atoms with Gasteiger partial charge in [0.1, 0.15) is 11.4 Å². The zero-order valence-corrected chi connectivity index (χ0v) is 12.3. The lowest BCUT2D eigenvalue weighted by molar-refractivity contribution is 0.0782. The van der Waals surface area contributed by atoms with Gasteiger partial charge in [0.05, 0.1) is 0 Å². The Labute approximate surface area is 123 Å². The van der Waals surface area contributed by atoms with E-state index in [1.54, 1.807) is 18.2 Å². The summed E-state index contributed by atoms with van der Waals surface area (Å²) in [4.78, 5) is 27.6. The van der Waals surface area contributed by atoms with Gasteiger partial charge < -0.3 is 9.88 Å². The van der Waals surface area contributed by atoms with Gasteiger partial charge >= 0.3 is 0 Å². The molecule has 0 saturated carbocycles. The van der Waals surface area contributed by atoms with E-state index in [2.05, 4.69) is 20.9 Å². The van der Waals surface area contributed by atoms with E-state index in [9.17, 15) is 14.0 Å². The van der Waals surface area contributed by atoms with Crippen molar-refractivity contribution < 1.29 is 9.18 Å². The summed E-state index contributed by atoms with van der Waals surface area (Å²) in [6, 6.07) is 7.66. The summed E-state index contributed by atoms with van der Waals surface area (Å²) in [6.45, 7) is 0.0947. The molecule has 1 heterocycles. The minimum atomic E-state index is -0.474. The highest BCUT2D eigenvalue weighted by molar-refractivity contribution is 9.10. The summed E-state index contributed by atoms with van der Waals surface area (Å²) in [6.07, 6.45) is 1.45. The Bertz CT molecular complexity index is 700. The number of nitrogens with one attached hydrogen (secondary N) is 1. The molecule has 1 N–H and O–H groups in total. The summed E-state index contributed by atoms with van der Waals surface area (Å²) in [5, 5.41) is 0. The van der Waals surface area contributed by atoms with Crippen LogP contribution in [0.15, 0.2) is 45.8 Å². The molecule has 20 heavy (non-hydrogen) atoms. The van der Waals surface area contributed by atoms with Crippen molar-refractivity contribution in [1.29, 1.82) is 0 Å². The number of hydrogen-bond acceptors (Lipinski definition) is 2. The third-order valence-corrected chi connectivity index (χ3v) is 3.27. The fourth-order valence-corrected chi connectivity index (χ4v) is 2.12. The van der Waals surface area contributed by atoms with Crippen molar-refractivity contribution in [2.24, 2.45) is 0 Å². The van der Waals surface area contributed by atoms with E-state index in [1.165, 1.54) is 30.3 Å². The Morgan fingerprint density at radius 2 is 2.10 bits per heavy atom. The number of nitrogens with zero attached hydrogens (tertiary/aromatic N) is 1. The first-order chi connectivity index (χ1) is 9.49. The molecule has 0 radical (unpaired) electrons. The lowest BCUT2D eigenvalue weighted by atomic mass is 10.2. The van der Waals surface area contributed by atoms with E-state index >= 15 is 0 Å². The first-order valence-electron chi connectivity index (χ1n) is 5.86. The van der Waals surface area contributed by atoms with Crippen LogP contribution in [0.2, 0.25) is 0 Å². The topological polar surface area (TPSA) is 53.2 Å². The number of aromatic nitrogens is 1. The minimum absolute atomic E-state index is 0.0122. The van der Waals surface area contributed by atoms with Crippen LogP contribution in [0.4, 0.5) is 4.39 Å². The molecule has 0 atom stereocenters. The second kappa shape index (κ2) is 6.00. The minimum Gasteiger partial charge on any atom is -0.337 e. The molecule has 0 bridgehead atoms. The first kappa shape index (κ1) is 14.5. The average molecular weight is 339 g/mol. The van der Waals surface area contributed by atoms with Crippen molar-refractivity contribution in [3.8, 4) is 0 Å². The van der Waals surface area contributed by atoms with Crippen molar-refractivity contribution >= 4 is 21.8 Å². The van der Waals surface area contributed by atoms with Gasteiger partial charge in [0.15, 0.2) is 0 Å². The quantitative estimate of drug-likeness (QED) is 0.934. The van der Waals surface area contributed by atoms with E-state index in [-0.39, 0.29) is 17.9 Å². The molecule has 4 nitrogen and oxygen atoms in total. The molecule has 2 aromatic rings. The van der Waals surface area contributed by atoms with Crippen LogP contribution in [0.3, 0.4) is 0 Å². The Balaban J connectivity index is 2.23. The largest absolute Gasteiger partial charge is 0.337 e. The van der Waals surface area contributed by atoms with Crippen molar-refractivity contribution in [3.63, 3.8) is 0 Å². The summed E-state index contributed by atoms with van der Waals surface area (Å²) >= 11 is 3.19. The van der Waals surface area contributed by atoms with E-state index in [0.29, 0.717) is 10.0 Å². The zero-order valence-electron chi connectivity index (χ0n) is 10.7. The molecule has 0 spiro atoms. The Hall–Kier alpha value is -1.95. The molecule has 1 amide bonds. The van der Waals surface area contributed by atoms with Crippen LogP contribution in [0.5, 0.6) is 0 Å². The number of halogens is 2. The highest BCUT2D eigenvalue weighted by Gasteiger charge is 2.17. The summed E-state index contributed by atoms with van der Waals surface area (Å²) in [5.74, 6) is -0.842. The molecule has 104 valence electrons. The van der Waals surface area contributed by atoms with Crippen LogP contribution in [-0.4, -0.2) is 22.8 Å². The number of aromatic amines is 1. The number of pyridine rings is 1. The summed E-state index contributed by atoms with van der Waals surface area (Å²) < 4.78 is 14.1. The molecule has 0 fully saturated rings. The first-order valence-corrected chi connectivity index (χ1v) is 6.65. The van der Waals surface area contributed by atoms with E-state index in [0.717, 1.165) is 0 Å². The zero-order chi connectivity index (χ0) is 14.7. The summed E-state index contributed by atoms with van der Waals surface area (Å²) in [5.41, 5.74) is -0.0634. The van der Waals surface area contributed by atoms with Gasteiger partial charge in [-0.1, -0.05) is 18.2 Å². The number of amides is 1. The van der Waals surface area contributed by atoms with E-state index in [4.69, 9.17) is 0 Å². The molecule has 6 heteroatoms. The van der Waals surface area contributed by atoms with Crippen LogP contribution < -0.4 is 5.56 Å². The Morgan fingerprint density at radius 3 is 2.80 bits per heavy atom. The maximum Gasteiger partial charge on any atom is 0.260 e. The number of benzene rings is 1. The van der Waals surface area contributed by atoms with Gasteiger partial charge in [-0.3, -0.25) is 9.59 Å². The molecule has 2 rings (SSSR count). The number of carbonyl (C=O) groups is 1. The van der Waals surface area contributed by atoms with Gasteiger partial charge in [-0.05, 0) is 28.1 Å². The van der Waals surface area contributed by atoms with Crippen LogP contribution in [0.1, 0.15) is 15.9 Å². The fourth-order valence-electron chi connectivity index (χ4n) is 1.78. The average Bonchev–Trinajstić information content (AvgIpc) is 2.43. The molecule has 1 aromatic heterocycles. The van der Waals surface area contributed by atoms with Crippen molar-refractivity contribution in [1.82, 2.24) is 9.88 Å². The van der Waals surface area contributed by atoms with Crippen molar-refractivity contribution in [3.05, 3.63) is 68.3 Å². The molecular weight excluding hydrogens is 327 g/mol. The second-order valence-corrected chi connectivity index (χ2v) is 5.23. The smallest absolute Gasteiger partial charge is 0.260 e. The highest BCUT2D eigenvalue weighted by Crippen LogP contribution is 2.12. The van der Waals surface area contributed by atoms with Gasteiger partial charge in [-0.15, -0.1) is 0 Å². The standard InChI is InChI=1S/C14H12BrFN2O2/c1-18(8-9-4-2-3-5-12(9)16)14(20)11-6-10(15)7-17-13(11)19/h2-7H,8H2,1H3,(H,17,19). The van der Waals surface area contributed by atoms with Gasteiger partial charge in [0.2, 0.25) is 0 Å². The van der Waals surface area contributed by atoms with Crippen LogP contribution in [0.25, 0.3) is 0 Å². The van der Waals surface area contributed by atoms with Crippen LogP contribution >= 0.6 is 15.9 Å². The molecule has 0 aliphatic heterocycles. The van der Waals surface area contributed by atoms with Gasteiger partial charge in [-0.25, -0.2) is 4.39 Å². The highest BCUT2D eigenvalue weighted by atomic mass is 79.9. The van der Waals surface area contributed by atoms with Gasteiger partial charge in [-0.2, -0.15) is 0 Å². The lowest BCUT2D eigenvalue weighted by Gasteiger charge is -2.17. The molecule has 0 unspecified atom stereocenters. The third-order valence-electron chi connectivity index (χ3n) is 2.81. The van der Waals surface area contributed by atoms with E-state index in [1.807, 2.05) is 0 Å². The Kier molecular flexibility index (Phi) is 4.34. The fraction of sp³-hybridized carbons (Fsp3) is 0.143. The number of H-pyrrole nitrogens is 1. The van der Waals surface area contributed by atoms with Gasteiger partial charge in [0.25, 0.3) is 11.5 Å². The normalized spacial score (nSPS) is 10.3. The van der Waals surface area contributed by atoms with Crippen LogP contribution in [-0.2, 0) is 6.54 Å². The maximum absolute atomic E-state index is 13.5. The molecule has 0 aliphatic carbocycles. The van der Waals surface area contributed by atoms with E-state index < -0.39 is 11.5 Å². The SMILES string of the molecule is CN(Cc1ccccc1F)C(=O)c1cc(Br)c[nH]c1=O. The van der Waals surface area contributed by atoms with Crippen molar-refractivity contribution in [2.75, 3.05) is 7.05 Å². The van der Waals surface area contributed by atoms with Crippen molar-refractivity contribution in [2.45, 2.75) is 6.54 Å². The van der Waals surface area contributed by atoms with Gasteiger partial charge in [0, 0.05) is 29.8 Å². The molecule has 0 aliphatic rings. The molecule has 0 saturated heterocycles. The molecular formula is C14H12BrFN2O2. The number of rotatable bonds is 3. The molecule has 1 aromatic carbocycles. The lowest BCUT2D eigenvalue weighted by Crippen LogP contribution is -2.31. The predicted octanol–water partition coefficient (Wildman–Crippen LogP) is 2.55. The predicted molar refractivity (Wildman–Crippen MR) is 77.0 cm³/mol. The Morgan fingerprint density at radius 1 is 1.40 bits per heavy atom. The monoisotopic (exact) mass is 338 g/mol. The number of carbonyl (C=O) groups excluding carboxylic acids is 1. The summed E-state index contributed by atoms with van der Waals surface area (Å²) in [7, 11) is 1.52. The second-order valence-electron chi connectivity index (χ2n) is 4.31. The van der Waals surface area contributed by atoms with Crippen LogP contribution in [0, 0.1) is 5.82 Å². The maximum atomic E-state index is 13.5. The third kappa shape index (κ3) is 3.14. The number of hydrogen-bond donors (Lipinski definition) is 1.